The van der Waals surface area contributed by atoms with E-state index >= 15 is 0 Å². The minimum atomic E-state index is -0.424. The minimum Gasteiger partial charge on any atom is -0.468 e. The number of rotatable bonds is 5. The Balaban J connectivity index is 0. The topological polar surface area (TPSA) is 52.3 Å². The maximum absolute atomic E-state index is 10.8. The summed E-state index contributed by atoms with van der Waals surface area (Å²) in [7, 11) is 1.36. The summed E-state index contributed by atoms with van der Waals surface area (Å²) in [5, 5.41) is 0. The number of esters is 1. The van der Waals surface area contributed by atoms with Crippen molar-refractivity contribution in [2.75, 3.05) is 7.11 Å². The predicted octanol–water partition coefficient (Wildman–Crippen LogP) is 1.49. The van der Waals surface area contributed by atoms with Gasteiger partial charge in [-0.3, -0.25) is 4.79 Å². The zero-order valence-electron chi connectivity index (χ0n) is 7.71. The van der Waals surface area contributed by atoms with Crippen LogP contribution in [-0.2, 0) is 9.53 Å². The molecule has 74 valence electrons. The Morgan fingerprint density at radius 1 is 1.50 bits per heavy atom. The van der Waals surface area contributed by atoms with Crippen LogP contribution in [-0.4, -0.2) is 19.1 Å². The van der Waals surface area contributed by atoms with E-state index in [1.54, 1.807) is 0 Å². The van der Waals surface area contributed by atoms with Crippen LogP contribution >= 0.6 is 12.4 Å². The first kappa shape index (κ1) is 14.3. The maximum Gasteiger partial charge on any atom is 0.322 e. The highest BCUT2D eigenvalue weighted by Gasteiger charge is 2.11. The fourth-order valence-electron chi connectivity index (χ4n) is 0.883. The number of methoxy groups -OCH3 is 1. The van der Waals surface area contributed by atoms with Crippen molar-refractivity contribution in [3.05, 3.63) is 0 Å². The predicted molar refractivity (Wildman–Crippen MR) is 51.4 cm³/mol. The first-order valence-electron chi connectivity index (χ1n) is 4.05. The van der Waals surface area contributed by atoms with Gasteiger partial charge in [0.15, 0.2) is 0 Å². The van der Waals surface area contributed by atoms with Gasteiger partial charge in [0.05, 0.1) is 7.11 Å². The Bertz CT molecular complexity index is 120. The zero-order valence-corrected chi connectivity index (χ0v) is 8.52. The highest BCUT2D eigenvalue weighted by Crippen LogP contribution is 2.02. The third-order valence-corrected chi connectivity index (χ3v) is 1.62. The van der Waals surface area contributed by atoms with Gasteiger partial charge in [0.25, 0.3) is 0 Å². The van der Waals surface area contributed by atoms with Crippen LogP contribution in [0, 0.1) is 0 Å². The molecule has 0 aromatic heterocycles. The number of hydrogen-bond donors (Lipinski definition) is 1. The molecule has 0 heterocycles. The van der Waals surface area contributed by atoms with Crippen molar-refractivity contribution >= 4 is 18.4 Å². The molecule has 1 atom stereocenters. The molecule has 0 amide bonds. The van der Waals surface area contributed by atoms with Crippen molar-refractivity contribution < 1.29 is 9.53 Å². The SMILES string of the molecule is CCCCCC(N)C(=O)OC.Cl. The monoisotopic (exact) mass is 195 g/mol. The van der Waals surface area contributed by atoms with Gasteiger partial charge >= 0.3 is 5.97 Å². The Labute approximate surface area is 80.1 Å². The van der Waals surface area contributed by atoms with Crippen LogP contribution < -0.4 is 5.73 Å². The average Bonchev–Trinajstić information content (AvgIpc) is 2.03. The molecule has 3 nitrogen and oxygen atoms in total. The molecule has 4 heteroatoms. The fraction of sp³-hybridized carbons (Fsp3) is 0.875. The zero-order chi connectivity index (χ0) is 8.69. The smallest absolute Gasteiger partial charge is 0.322 e. The van der Waals surface area contributed by atoms with Crippen LogP contribution in [0.2, 0.25) is 0 Å². The van der Waals surface area contributed by atoms with Crippen LogP contribution in [0.5, 0.6) is 0 Å². The summed E-state index contributed by atoms with van der Waals surface area (Å²) in [6, 6.07) is -0.424. The molecular formula is C8H18ClNO2. The van der Waals surface area contributed by atoms with Gasteiger partial charge in [0, 0.05) is 0 Å². The lowest BCUT2D eigenvalue weighted by Crippen LogP contribution is -2.31. The molecule has 0 spiro atoms. The molecule has 2 N–H and O–H groups in total. The van der Waals surface area contributed by atoms with E-state index < -0.39 is 6.04 Å². The first-order valence-corrected chi connectivity index (χ1v) is 4.05. The number of hydrogen-bond acceptors (Lipinski definition) is 3. The van der Waals surface area contributed by atoms with Gasteiger partial charge in [-0.15, -0.1) is 12.4 Å². The molecule has 0 bridgehead atoms. The molecule has 0 aliphatic rings. The third-order valence-electron chi connectivity index (χ3n) is 1.62. The molecule has 0 fully saturated rings. The first-order chi connectivity index (χ1) is 5.22. The highest BCUT2D eigenvalue weighted by atomic mass is 35.5. The maximum atomic E-state index is 10.8. The highest BCUT2D eigenvalue weighted by molar-refractivity contribution is 5.85. The molecule has 0 aliphatic carbocycles. The lowest BCUT2D eigenvalue weighted by molar-refractivity contribution is -0.142. The molecule has 12 heavy (non-hydrogen) atoms. The second-order valence-corrected chi connectivity index (χ2v) is 2.63. The quantitative estimate of drug-likeness (QED) is 0.534. The van der Waals surface area contributed by atoms with Gasteiger partial charge in [0.1, 0.15) is 6.04 Å². The van der Waals surface area contributed by atoms with Crippen molar-refractivity contribution in [2.24, 2.45) is 5.73 Å². The summed E-state index contributed by atoms with van der Waals surface area (Å²) in [4.78, 5) is 10.8. The van der Waals surface area contributed by atoms with Gasteiger partial charge in [-0.25, -0.2) is 0 Å². The summed E-state index contributed by atoms with van der Waals surface area (Å²) in [6.07, 6.45) is 4.02. The molecule has 0 saturated carbocycles. The number of halogens is 1. The summed E-state index contributed by atoms with van der Waals surface area (Å²) < 4.78 is 4.48. The van der Waals surface area contributed by atoms with Gasteiger partial charge in [-0.05, 0) is 6.42 Å². The van der Waals surface area contributed by atoms with E-state index in [9.17, 15) is 4.79 Å². The van der Waals surface area contributed by atoms with Gasteiger partial charge in [-0.2, -0.15) is 0 Å². The van der Waals surface area contributed by atoms with E-state index in [0.717, 1.165) is 25.7 Å². The van der Waals surface area contributed by atoms with Gasteiger partial charge in [0.2, 0.25) is 0 Å². The van der Waals surface area contributed by atoms with Crippen LogP contribution in [0.15, 0.2) is 0 Å². The van der Waals surface area contributed by atoms with Crippen LogP contribution in [0.1, 0.15) is 32.6 Å². The number of carbonyl (C=O) groups excluding carboxylic acids is 1. The molecule has 1 unspecified atom stereocenters. The summed E-state index contributed by atoms with van der Waals surface area (Å²) in [6.45, 7) is 2.11. The number of nitrogens with two attached hydrogens (primary N) is 1. The minimum absolute atomic E-state index is 0. The van der Waals surface area contributed by atoms with Gasteiger partial charge in [-0.1, -0.05) is 26.2 Å². The van der Waals surface area contributed by atoms with Crippen LogP contribution in [0.4, 0.5) is 0 Å². The van der Waals surface area contributed by atoms with Crippen molar-refractivity contribution in [3.8, 4) is 0 Å². The Morgan fingerprint density at radius 2 is 2.08 bits per heavy atom. The number of unbranched alkanes of at least 4 members (excludes halogenated alkanes) is 2. The van der Waals surface area contributed by atoms with Gasteiger partial charge < -0.3 is 10.5 Å². The van der Waals surface area contributed by atoms with E-state index in [1.165, 1.54) is 7.11 Å². The molecule has 0 aliphatic heterocycles. The Kier molecular flexibility index (Phi) is 10.5. The molecular weight excluding hydrogens is 178 g/mol. The van der Waals surface area contributed by atoms with E-state index in [2.05, 4.69) is 11.7 Å². The molecule has 0 saturated heterocycles. The number of carbonyl (C=O) groups is 1. The van der Waals surface area contributed by atoms with E-state index in [-0.39, 0.29) is 18.4 Å². The second kappa shape index (κ2) is 8.81. The van der Waals surface area contributed by atoms with E-state index in [4.69, 9.17) is 5.73 Å². The molecule has 0 aromatic carbocycles. The normalized spacial score (nSPS) is 11.6. The van der Waals surface area contributed by atoms with Crippen molar-refractivity contribution in [1.82, 2.24) is 0 Å². The Morgan fingerprint density at radius 3 is 2.50 bits per heavy atom. The number of ether oxygens (including phenoxy) is 1. The van der Waals surface area contributed by atoms with Crippen LogP contribution in [0.25, 0.3) is 0 Å². The summed E-state index contributed by atoms with van der Waals surface area (Å²) in [5.74, 6) is -0.305. The van der Waals surface area contributed by atoms with E-state index in [0.29, 0.717) is 0 Å². The van der Waals surface area contributed by atoms with Crippen molar-refractivity contribution in [3.63, 3.8) is 0 Å². The molecule has 0 radical (unpaired) electrons. The Hall–Kier alpha value is -0.280. The van der Waals surface area contributed by atoms with Crippen molar-refractivity contribution in [2.45, 2.75) is 38.6 Å². The van der Waals surface area contributed by atoms with Crippen LogP contribution in [0.3, 0.4) is 0 Å². The third kappa shape index (κ3) is 6.43. The lowest BCUT2D eigenvalue weighted by Gasteiger charge is -2.07. The average molecular weight is 196 g/mol. The lowest BCUT2D eigenvalue weighted by atomic mass is 10.1. The molecule has 0 rings (SSSR count). The largest absolute Gasteiger partial charge is 0.468 e. The van der Waals surface area contributed by atoms with E-state index in [1.807, 2.05) is 0 Å². The van der Waals surface area contributed by atoms with Crippen molar-refractivity contribution in [1.29, 1.82) is 0 Å². The summed E-state index contributed by atoms with van der Waals surface area (Å²) in [5.41, 5.74) is 5.49. The fourth-order valence-corrected chi connectivity index (χ4v) is 0.883. The summed E-state index contributed by atoms with van der Waals surface area (Å²) >= 11 is 0. The standard InChI is InChI=1S/C8H17NO2.ClH/c1-3-4-5-6-7(9)8(10)11-2;/h7H,3-6,9H2,1-2H3;1H. The molecule has 0 aromatic rings. The second-order valence-electron chi connectivity index (χ2n) is 2.63.